The molecule has 17 heavy (non-hydrogen) atoms. The van der Waals surface area contributed by atoms with Gasteiger partial charge in [-0.1, -0.05) is 13.8 Å². The number of carbonyl (C=O) groups is 1. The van der Waals surface area contributed by atoms with E-state index in [9.17, 15) is 4.79 Å². The van der Waals surface area contributed by atoms with E-state index in [1.807, 2.05) is 0 Å². The molecule has 2 rings (SSSR count). The van der Waals surface area contributed by atoms with Crippen LogP contribution in [-0.4, -0.2) is 24.1 Å². The molecule has 1 aromatic rings. The number of hydrogen-bond acceptors (Lipinski definition) is 4. The first-order valence-corrected chi connectivity index (χ1v) is 6.83. The minimum absolute atomic E-state index is 0.147. The fourth-order valence-corrected chi connectivity index (χ4v) is 2.48. The van der Waals surface area contributed by atoms with Gasteiger partial charge in [-0.3, -0.25) is 4.79 Å². The average molecular weight is 252 g/mol. The molecule has 0 N–H and O–H groups in total. The van der Waals surface area contributed by atoms with Crippen molar-refractivity contribution in [1.82, 2.24) is 0 Å². The van der Waals surface area contributed by atoms with Gasteiger partial charge >= 0.3 is 0 Å². The third-order valence-corrected chi connectivity index (χ3v) is 3.75. The zero-order valence-electron chi connectivity index (χ0n) is 10.1. The SMILES string of the molecule is CC(C)CSCC(=O)c1ccc2c(c1)OCO2. The van der Waals surface area contributed by atoms with Gasteiger partial charge in [-0.05, 0) is 29.9 Å². The number of Topliss-reactive ketones (excluding diaryl/α,β-unsaturated/α-hetero) is 1. The highest BCUT2D eigenvalue weighted by Crippen LogP contribution is 2.32. The molecule has 4 heteroatoms. The Morgan fingerprint density at radius 3 is 2.88 bits per heavy atom. The van der Waals surface area contributed by atoms with E-state index >= 15 is 0 Å². The summed E-state index contributed by atoms with van der Waals surface area (Å²) in [6.07, 6.45) is 0. The maximum Gasteiger partial charge on any atom is 0.231 e. The first kappa shape index (κ1) is 12.3. The molecule has 0 bridgehead atoms. The van der Waals surface area contributed by atoms with Crippen molar-refractivity contribution in [2.45, 2.75) is 13.8 Å². The van der Waals surface area contributed by atoms with Crippen LogP contribution in [0.2, 0.25) is 0 Å². The van der Waals surface area contributed by atoms with Crippen LogP contribution < -0.4 is 9.47 Å². The lowest BCUT2D eigenvalue weighted by molar-refractivity contribution is 0.102. The van der Waals surface area contributed by atoms with Crippen molar-refractivity contribution in [3.63, 3.8) is 0 Å². The summed E-state index contributed by atoms with van der Waals surface area (Å²) in [6.45, 7) is 4.55. The van der Waals surface area contributed by atoms with Gasteiger partial charge in [0, 0.05) is 5.56 Å². The van der Waals surface area contributed by atoms with E-state index in [1.54, 1.807) is 30.0 Å². The number of benzene rings is 1. The molecule has 3 nitrogen and oxygen atoms in total. The van der Waals surface area contributed by atoms with Gasteiger partial charge in [0.1, 0.15) is 0 Å². The van der Waals surface area contributed by atoms with Crippen molar-refractivity contribution in [2.24, 2.45) is 5.92 Å². The third-order valence-electron chi connectivity index (χ3n) is 2.38. The second-order valence-corrected chi connectivity index (χ2v) is 5.43. The van der Waals surface area contributed by atoms with Crippen molar-refractivity contribution < 1.29 is 14.3 Å². The fraction of sp³-hybridized carbons (Fsp3) is 0.462. The Hall–Kier alpha value is -1.16. The van der Waals surface area contributed by atoms with E-state index in [-0.39, 0.29) is 12.6 Å². The summed E-state index contributed by atoms with van der Waals surface area (Å²) < 4.78 is 10.5. The van der Waals surface area contributed by atoms with Gasteiger partial charge in [-0.2, -0.15) is 11.8 Å². The van der Waals surface area contributed by atoms with Crippen LogP contribution in [0.4, 0.5) is 0 Å². The molecule has 0 unspecified atom stereocenters. The molecule has 1 heterocycles. The molecule has 0 radical (unpaired) electrons. The zero-order valence-corrected chi connectivity index (χ0v) is 10.9. The van der Waals surface area contributed by atoms with Crippen molar-refractivity contribution in [3.05, 3.63) is 23.8 Å². The lowest BCUT2D eigenvalue weighted by atomic mass is 10.1. The van der Waals surface area contributed by atoms with Gasteiger partial charge in [0.15, 0.2) is 17.3 Å². The maximum absolute atomic E-state index is 11.9. The predicted octanol–water partition coefficient (Wildman–Crippen LogP) is 2.99. The molecule has 0 atom stereocenters. The lowest BCUT2D eigenvalue weighted by Crippen LogP contribution is -2.04. The predicted molar refractivity (Wildman–Crippen MR) is 69.1 cm³/mol. The molecule has 0 aromatic heterocycles. The summed E-state index contributed by atoms with van der Waals surface area (Å²) in [4.78, 5) is 11.9. The largest absolute Gasteiger partial charge is 0.454 e. The van der Waals surface area contributed by atoms with Crippen LogP contribution in [-0.2, 0) is 0 Å². The Kier molecular flexibility index (Phi) is 3.94. The number of ketones is 1. The minimum atomic E-state index is 0.147. The summed E-state index contributed by atoms with van der Waals surface area (Å²) >= 11 is 1.68. The normalized spacial score (nSPS) is 13.1. The first-order valence-electron chi connectivity index (χ1n) is 5.67. The standard InChI is InChI=1S/C13H16O3S/c1-9(2)6-17-7-11(14)10-3-4-12-13(5-10)16-8-15-12/h3-5,9H,6-8H2,1-2H3. The monoisotopic (exact) mass is 252 g/mol. The number of ether oxygens (including phenoxy) is 2. The van der Waals surface area contributed by atoms with Gasteiger partial charge in [-0.15, -0.1) is 0 Å². The summed E-state index contributed by atoms with van der Waals surface area (Å²) in [6, 6.07) is 5.36. The molecule has 0 saturated heterocycles. The van der Waals surface area contributed by atoms with Crippen molar-refractivity contribution in [1.29, 1.82) is 0 Å². The average Bonchev–Trinajstić information content (AvgIpc) is 2.75. The summed E-state index contributed by atoms with van der Waals surface area (Å²) in [7, 11) is 0. The Morgan fingerprint density at radius 2 is 2.12 bits per heavy atom. The van der Waals surface area contributed by atoms with E-state index in [4.69, 9.17) is 9.47 Å². The van der Waals surface area contributed by atoms with Crippen molar-refractivity contribution >= 4 is 17.5 Å². The van der Waals surface area contributed by atoms with Crippen LogP contribution in [0.1, 0.15) is 24.2 Å². The van der Waals surface area contributed by atoms with E-state index in [1.165, 1.54) is 0 Å². The topological polar surface area (TPSA) is 35.5 Å². The Labute approximate surface area is 105 Å². The third kappa shape index (κ3) is 3.16. The quantitative estimate of drug-likeness (QED) is 0.755. The van der Waals surface area contributed by atoms with Gasteiger partial charge in [-0.25, -0.2) is 0 Å². The molecule has 0 spiro atoms. The number of hydrogen-bond donors (Lipinski definition) is 0. The smallest absolute Gasteiger partial charge is 0.231 e. The second kappa shape index (κ2) is 5.45. The van der Waals surface area contributed by atoms with Crippen LogP contribution in [0.25, 0.3) is 0 Å². The van der Waals surface area contributed by atoms with Crippen LogP contribution in [0.3, 0.4) is 0 Å². The molecule has 92 valence electrons. The zero-order chi connectivity index (χ0) is 12.3. The molecule has 0 aliphatic carbocycles. The Morgan fingerprint density at radius 1 is 1.35 bits per heavy atom. The van der Waals surface area contributed by atoms with Gasteiger partial charge < -0.3 is 9.47 Å². The summed E-state index contributed by atoms with van der Waals surface area (Å²) in [5.74, 6) is 3.69. The fourth-order valence-electron chi connectivity index (χ4n) is 1.54. The molecular formula is C13H16O3S. The van der Waals surface area contributed by atoms with Crippen molar-refractivity contribution in [3.8, 4) is 11.5 Å². The van der Waals surface area contributed by atoms with Gasteiger partial charge in [0.05, 0.1) is 5.75 Å². The highest BCUT2D eigenvalue weighted by molar-refractivity contribution is 7.99. The molecular weight excluding hydrogens is 236 g/mol. The molecule has 0 saturated carbocycles. The van der Waals surface area contributed by atoms with E-state index in [0.717, 1.165) is 11.5 Å². The van der Waals surface area contributed by atoms with Crippen LogP contribution >= 0.6 is 11.8 Å². The van der Waals surface area contributed by atoms with E-state index in [0.29, 0.717) is 23.0 Å². The number of rotatable bonds is 5. The molecule has 0 amide bonds. The highest BCUT2D eigenvalue weighted by atomic mass is 32.2. The summed E-state index contributed by atoms with van der Waals surface area (Å²) in [5, 5.41) is 0. The maximum atomic E-state index is 11.9. The summed E-state index contributed by atoms with van der Waals surface area (Å²) in [5.41, 5.74) is 0.700. The highest BCUT2D eigenvalue weighted by Gasteiger charge is 2.16. The van der Waals surface area contributed by atoms with Gasteiger partial charge in [0.25, 0.3) is 0 Å². The second-order valence-electron chi connectivity index (χ2n) is 4.40. The van der Waals surface area contributed by atoms with Crippen LogP contribution in [0.5, 0.6) is 11.5 Å². The van der Waals surface area contributed by atoms with Gasteiger partial charge in [0.2, 0.25) is 6.79 Å². The Bertz CT molecular complexity index is 415. The molecule has 0 fully saturated rings. The molecule has 1 aromatic carbocycles. The number of carbonyl (C=O) groups excluding carboxylic acids is 1. The van der Waals surface area contributed by atoms with Crippen LogP contribution in [0.15, 0.2) is 18.2 Å². The molecule has 1 aliphatic rings. The van der Waals surface area contributed by atoms with E-state index in [2.05, 4.69) is 13.8 Å². The lowest BCUT2D eigenvalue weighted by Gasteiger charge is -2.04. The minimum Gasteiger partial charge on any atom is -0.454 e. The van der Waals surface area contributed by atoms with Crippen molar-refractivity contribution in [2.75, 3.05) is 18.3 Å². The number of fused-ring (bicyclic) bond motifs is 1. The Balaban J connectivity index is 1.95. The number of thioether (sulfide) groups is 1. The van der Waals surface area contributed by atoms with E-state index < -0.39 is 0 Å². The first-order chi connectivity index (χ1) is 8.16. The molecule has 1 aliphatic heterocycles. The van der Waals surface area contributed by atoms with Crippen LogP contribution in [0, 0.1) is 5.92 Å².